The van der Waals surface area contributed by atoms with E-state index >= 15 is 0 Å². The molecule has 3 aromatic rings. The van der Waals surface area contributed by atoms with Crippen molar-refractivity contribution in [1.82, 2.24) is 11.1 Å². The van der Waals surface area contributed by atoms with Crippen LogP contribution in [0, 0.1) is 0 Å². The molecule has 7 N–H and O–H groups in total. The fourth-order valence-electron chi connectivity index (χ4n) is 2.10. The number of pyridine rings is 1. The average molecular weight is 373 g/mol. The van der Waals surface area contributed by atoms with Gasteiger partial charge >= 0.3 is 0 Å². The van der Waals surface area contributed by atoms with Gasteiger partial charge in [-0.1, -0.05) is 41.9 Å². The van der Waals surface area contributed by atoms with Gasteiger partial charge in [-0.3, -0.25) is 4.98 Å². The Morgan fingerprint density at radius 2 is 1.54 bits per heavy atom. The summed E-state index contributed by atoms with van der Waals surface area (Å²) in [5, 5.41) is 0.678. The lowest BCUT2D eigenvalue weighted by Crippen LogP contribution is -2.02. The molecular weight excluding hydrogens is 348 g/mol. The van der Waals surface area contributed by atoms with Crippen molar-refractivity contribution in [2.75, 3.05) is 0 Å². The second-order valence-corrected chi connectivity index (χ2v) is 5.73. The second kappa shape index (κ2) is 12.0. The molecule has 0 atom stereocenters. The highest BCUT2D eigenvalue weighted by Crippen LogP contribution is 2.23. The zero-order chi connectivity index (χ0) is 17.9. The van der Waals surface area contributed by atoms with E-state index < -0.39 is 0 Å². The molecular formula is C20H25ClN4O. The van der Waals surface area contributed by atoms with Gasteiger partial charge in [0.1, 0.15) is 12.4 Å². The number of ether oxygens (including phenoxy) is 1. The summed E-state index contributed by atoms with van der Waals surface area (Å²) in [4.78, 5) is 3.84. The molecule has 0 saturated carbocycles. The van der Waals surface area contributed by atoms with Crippen LogP contribution in [0.15, 0.2) is 73.1 Å². The number of hydrogen-bond donors (Lipinski definition) is 3. The largest absolute Gasteiger partial charge is 0.489 e. The average Bonchev–Trinajstić information content (AvgIpc) is 2.69. The maximum atomic E-state index is 5.90. The lowest BCUT2D eigenvalue weighted by atomic mass is 10.2. The molecule has 0 aliphatic rings. The number of rotatable bonds is 5. The van der Waals surface area contributed by atoms with Crippen LogP contribution in [-0.2, 0) is 19.7 Å². The first-order valence-electron chi connectivity index (χ1n) is 7.97. The highest BCUT2D eigenvalue weighted by Gasteiger charge is 2.03. The minimum atomic E-state index is 0. The van der Waals surface area contributed by atoms with Crippen LogP contribution in [-0.4, -0.2) is 4.98 Å². The summed E-state index contributed by atoms with van der Waals surface area (Å²) in [5.41, 5.74) is 14.2. The minimum Gasteiger partial charge on any atom is -0.489 e. The summed E-state index contributed by atoms with van der Waals surface area (Å²) in [6.45, 7) is 1.56. The van der Waals surface area contributed by atoms with Crippen LogP contribution in [0.1, 0.15) is 16.7 Å². The Balaban J connectivity index is 0.000000318. The third-order valence-electron chi connectivity index (χ3n) is 3.46. The highest BCUT2D eigenvalue weighted by atomic mass is 35.5. The lowest BCUT2D eigenvalue weighted by Gasteiger charge is -2.10. The summed E-state index contributed by atoms with van der Waals surface area (Å²) in [7, 11) is 0. The number of nitrogens with two attached hydrogens (primary N) is 2. The molecule has 2 aromatic carbocycles. The van der Waals surface area contributed by atoms with Gasteiger partial charge in [-0.05, 0) is 41.5 Å². The zero-order valence-corrected chi connectivity index (χ0v) is 15.4. The van der Waals surface area contributed by atoms with Crippen molar-refractivity contribution in [3.8, 4) is 5.75 Å². The molecule has 0 radical (unpaired) electrons. The Morgan fingerprint density at radius 1 is 0.846 bits per heavy atom. The number of halogens is 1. The van der Waals surface area contributed by atoms with E-state index in [0.717, 1.165) is 22.4 Å². The van der Waals surface area contributed by atoms with E-state index in [1.54, 1.807) is 18.5 Å². The normalized spacial score (nSPS) is 9.50. The predicted molar refractivity (Wildman–Crippen MR) is 107 cm³/mol. The van der Waals surface area contributed by atoms with Gasteiger partial charge in [-0.2, -0.15) is 0 Å². The molecule has 0 bridgehead atoms. The van der Waals surface area contributed by atoms with E-state index in [1.807, 2.05) is 54.6 Å². The van der Waals surface area contributed by atoms with Crippen LogP contribution in [0.3, 0.4) is 0 Å². The van der Waals surface area contributed by atoms with Gasteiger partial charge in [0.2, 0.25) is 0 Å². The Kier molecular flexibility index (Phi) is 9.97. The number of hydrogen-bond acceptors (Lipinski definition) is 5. The molecule has 0 aliphatic heterocycles. The van der Waals surface area contributed by atoms with Crippen LogP contribution in [0.5, 0.6) is 5.75 Å². The van der Waals surface area contributed by atoms with Gasteiger partial charge in [0.05, 0.1) is 0 Å². The molecule has 6 heteroatoms. The summed E-state index contributed by atoms with van der Waals surface area (Å²) >= 11 is 5.90. The van der Waals surface area contributed by atoms with Crippen molar-refractivity contribution in [3.63, 3.8) is 0 Å². The third-order valence-corrected chi connectivity index (χ3v) is 3.70. The molecule has 5 nitrogen and oxygen atoms in total. The second-order valence-electron chi connectivity index (χ2n) is 5.29. The maximum absolute atomic E-state index is 5.90. The van der Waals surface area contributed by atoms with Crippen molar-refractivity contribution in [3.05, 3.63) is 94.8 Å². The third kappa shape index (κ3) is 7.21. The van der Waals surface area contributed by atoms with Gasteiger partial charge in [-0.25, -0.2) is 0 Å². The zero-order valence-electron chi connectivity index (χ0n) is 14.6. The van der Waals surface area contributed by atoms with Gasteiger partial charge < -0.3 is 22.4 Å². The summed E-state index contributed by atoms with van der Waals surface area (Å²) in [6.07, 6.45) is 3.48. The molecule has 0 unspecified atom stereocenters. The van der Waals surface area contributed by atoms with E-state index in [9.17, 15) is 0 Å². The molecule has 1 heterocycles. The van der Waals surface area contributed by atoms with Crippen LogP contribution < -0.4 is 22.4 Å². The molecule has 0 amide bonds. The number of benzene rings is 2. The summed E-state index contributed by atoms with van der Waals surface area (Å²) < 4.78 is 5.73. The first kappa shape index (κ1) is 21.6. The van der Waals surface area contributed by atoms with E-state index in [1.165, 1.54) is 0 Å². The van der Waals surface area contributed by atoms with Gasteiger partial charge in [0.25, 0.3) is 0 Å². The van der Waals surface area contributed by atoms with Crippen LogP contribution in [0.25, 0.3) is 0 Å². The topological polar surface area (TPSA) is 109 Å². The molecule has 0 fully saturated rings. The van der Waals surface area contributed by atoms with E-state index in [4.69, 9.17) is 27.8 Å². The highest BCUT2D eigenvalue weighted by molar-refractivity contribution is 6.30. The molecule has 26 heavy (non-hydrogen) atoms. The van der Waals surface area contributed by atoms with Gasteiger partial charge in [-0.15, -0.1) is 0 Å². The van der Waals surface area contributed by atoms with Gasteiger partial charge in [0.15, 0.2) is 0 Å². The predicted octanol–water partition coefficient (Wildman–Crippen LogP) is 4.08. The van der Waals surface area contributed by atoms with Gasteiger partial charge in [0, 0.05) is 36.1 Å². The van der Waals surface area contributed by atoms with Crippen molar-refractivity contribution < 1.29 is 4.74 Å². The molecule has 0 aliphatic carbocycles. The fraction of sp³-hybridized carbons (Fsp3) is 0.150. The van der Waals surface area contributed by atoms with Crippen molar-refractivity contribution in [1.29, 1.82) is 0 Å². The van der Waals surface area contributed by atoms with Crippen LogP contribution >= 0.6 is 11.6 Å². The Bertz CT molecular complexity index is 754. The Hall–Kier alpha value is -2.44. The monoisotopic (exact) mass is 372 g/mol. The van der Waals surface area contributed by atoms with Crippen molar-refractivity contribution in [2.45, 2.75) is 19.7 Å². The smallest absolute Gasteiger partial charge is 0.124 e. The number of nitrogens with zero attached hydrogens (tertiary/aromatic N) is 1. The SMILES string of the molecule is N.NCc1cc(Cl)ccc1OCc1ccccc1.NCc1ccncc1. The first-order chi connectivity index (χ1) is 12.2. The van der Waals surface area contributed by atoms with Crippen LogP contribution in [0.2, 0.25) is 5.02 Å². The standard InChI is InChI=1S/C14H14ClNO.C6H8N2.H3N/c15-13-6-7-14(12(8-13)9-16)17-10-11-4-2-1-3-5-11;7-5-6-1-3-8-4-2-6;/h1-8H,9-10,16H2;1-4H,5,7H2;1H3. The Morgan fingerprint density at radius 3 is 2.12 bits per heavy atom. The van der Waals surface area contributed by atoms with E-state index in [0.29, 0.717) is 24.7 Å². The van der Waals surface area contributed by atoms with Crippen molar-refractivity contribution >= 4 is 11.6 Å². The lowest BCUT2D eigenvalue weighted by molar-refractivity contribution is 0.303. The van der Waals surface area contributed by atoms with E-state index in [2.05, 4.69) is 4.98 Å². The molecule has 0 saturated heterocycles. The molecule has 0 spiro atoms. The first-order valence-corrected chi connectivity index (χ1v) is 8.35. The number of aromatic nitrogens is 1. The van der Waals surface area contributed by atoms with Crippen molar-refractivity contribution in [2.24, 2.45) is 11.5 Å². The molecule has 1 aromatic heterocycles. The van der Waals surface area contributed by atoms with Crippen LogP contribution in [0.4, 0.5) is 0 Å². The summed E-state index contributed by atoms with van der Waals surface area (Å²) in [5.74, 6) is 0.792. The fourth-order valence-corrected chi connectivity index (χ4v) is 2.30. The molecule has 3 rings (SSSR count). The van der Waals surface area contributed by atoms with E-state index in [-0.39, 0.29) is 6.15 Å². The quantitative estimate of drug-likeness (QED) is 0.625. The minimum absolute atomic E-state index is 0. The Labute approximate surface area is 159 Å². The maximum Gasteiger partial charge on any atom is 0.124 e. The summed E-state index contributed by atoms with van der Waals surface area (Å²) in [6, 6.07) is 19.3. The molecule has 138 valence electrons.